The fraction of sp³-hybridized carbons (Fsp3) is 0.312. The highest BCUT2D eigenvalue weighted by atomic mass is 32.2. The minimum absolute atomic E-state index is 0.0558. The van der Waals surface area contributed by atoms with E-state index in [9.17, 15) is 8.42 Å². The summed E-state index contributed by atoms with van der Waals surface area (Å²) in [6, 6.07) is 3.83. The third kappa shape index (κ3) is 3.45. The Morgan fingerprint density at radius 2 is 2.17 bits per heavy atom. The van der Waals surface area contributed by atoms with Crippen molar-refractivity contribution in [1.29, 1.82) is 0 Å². The molecule has 3 aromatic rings. The van der Waals surface area contributed by atoms with Gasteiger partial charge in [-0.15, -0.1) is 11.3 Å². The summed E-state index contributed by atoms with van der Waals surface area (Å²) in [7, 11) is -1.83. The summed E-state index contributed by atoms with van der Waals surface area (Å²) in [6.45, 7) is 4.20. The van der Waals surface area contributed by atoms with E-state index in [2.05, 4.69) is 9.71 Å². The molecule has 0 amide bonds. The van der Waals surface area contributed by atoms with Gasteiger partial charge in [0.2, 0.25) is 0 Å². The van der Waals surface area contributed by atoms with E-state index in [-0.39, 0.29) is 17.5 Å². The number of furan rings is 1. The minimum atomic E-state index is -3.63. The number of thiophene rings is 1. The summed E-state index contributed by atoms with van der Waals surface area (Å²) in [4.78, 5) is 5.17. The number of aromatic nitrogens is 2. The van der Waals surface area contributed by atoms with Crippen molar-refractivity contribution in [2.24, 2.45) is 7.05 Å². The number of imidazole rings is 1. The summed E-state index contributed by atoms with van der Waals surface area (Å²) >= 11 is 1.50. The summed E-state index contributed by atoms with van der Waals surface area (Å²) in [5, 5.41) is 2.03. The van der Waals surface area contributed by atoms with Crippen LogP contribution in [0, 0.1) is 0 Å². The molecule has 3 rings (SSSR count). The number of hydrogen-bond acceptors (Lipinski definition) is 5. The van der Waals surface area contributed by atoms with Gasteiger partial charge in [-0.1, -0.05) is 13.8 Å². The standard InChI is InChI=1S/C16H19N3O3S2/c1-11(2)16-18-15(8-19(16)3)24(20,21)17-7-14-6-13(10-23-14)12-4-5-22-9-12/h4-6,8-11,17H,7H2,1-3H3. The van der Waals surface area contributed by atoms with Crippen molar-refractivity contribution in [2.75, 3.05) is 0 Å². The number of sulfonamides is 1. The predicted octanol–water partition coefficient (Wildman–Crippen LogP) is 3.34. The summed E-state index contributed by atoms with van der Waals surface area (Å²) in [6.07, 6.45) is 4.82. The molecule has 0 unspecified atom stereocenters. The zero-order chi connectivity index (χ0) is 17.3. The maximum absolute atomic E-state index is 12.4. The lowest BCUT2D eigenvalue weighted by molar-refractivity contribution is 0.568. The molecule has 0 bridgehead atoms. The molecule has 0 spiro atoms. The largest absolute Gasteiger partial charge is 0.472 e. The van der Waals surface area contributed by atoms with E-state index in [1.807, 2.05) is 31.4 Å². The first-order chi connectivity index (χ1) is 11.4. The minimum Gasteiger partial charge on any atom is -0.472 e. The topological polar surface area (TPSA) is 77.1 Å². The first-order valence-electron chi connectivity index (χ1n) is 7.49. The van der Waals surface area contributed by atoms with Crippen molar-refractivity contribution in [3.63, 3.8) is 0 Å². The highest BCUT2D eigenvalue weighted by molar-refractivity contribution is 7.89. The maximum atomic E-state index is 12.4. The van der Waals surface area contributed by atoms with Crippen molar-refractivity contribution >= 4 is 21.4 Å². The summed E-state index contributed by atoms with van der Waals surface area (Å²) in [5.41, 5.74) is 1.99. The summed E-state index contributed by atoms with van der Waals surface area (Å²) < 4.78 is 34.3. The second-order valence-corrected chi connectivity index (χ2v) is 8.55. The number of nitrogens with zero attached hydrogens (tertiary/aromatic N) is 2. The van der Waals surface area contributed by atoms with Crippen LogP contribution in [-0.2, 0) is 23.6 Å². The van der Waals surface area contributed by atoms with Gasteiger partial charge in [-0.25, -0.2) is 18.1 Å². The molecule has 0 radical (unpaired) electrons. The Morgan fingerprint density at radius 1 is 1.38 bits per heavy atom. The normalized spacial score (nSPS) is 12.2. The lowest BCUT2D eigenvalue weighted by atomic mass is 10.2. The molecule has 8 heteroatoms. The first kappa shape index (κ1) is 16.9. The van der Waals surface area contributed by atoms with Crippen LogP contribution in [0.15, 0.2) is 45.7 Å². The number of hydrogen-bond donors (Lipinski definition) is 1. The van der Waals surface area contributed by atoms with Gasteiger partial charge < -0.3 is 8.98 Å². The van der Waals surface area contributed by atoms with E-state index in [1.54, 1.807) is 30.3 Å². The first-order valence-corrected chi connectivity index (χ1v) is 9.86. The molecule has 0 aliphatic heterocycles. The Labute approximate surface area is 145 Å². The molecular formula is C16H19N3O3S2. The number of nitrogens with one attached hydrogen (secondary N) is 1. The molecule has 0 atom stereocenters. The van der Waals surface area contributed by atoms with Gasteiger partial charge in [0.15, 0.2) is 5.03 Å². The van der Waals surface area contributed by atoms with E-state index < -0.39 is 10.0 Å². The fourth-order valence-corrected chi connectivity index (χ4v) is 4.34. The fourth-order valence-electron chi connectivity index (χ4n) is 2.41. The Balaban J connectivity index is 1.73. The Hall–Kier alpha value is -1.90. The van der Waals surface area contributed by atoms with Crippen LogP contribution in [0.4, 0.5) is 0 Å². The molecule has 6 nitrogen and oxygen atoms in total. The molecule has 128 valence electrons. The van der Waals surface area contributed by atoms with Crippen LogP contribution in [0.1, 0.15) is 30.5 Å². The van der Waals surface area contributed by atoms with Crippen molar-refractivity contribution in [1.82, 2.24) is 14.3 Å². The lowest BCUT2D eigenvalue weighted by Crippen LogP contribution is -2.23. The highest BCUT2D eigenvalue weighted by Crippen LogP contribution is 2.26. The monoisotopic (exact) mass is 365 g/mol. The van der Waals surface area contributed by atoms with Gasteiger partial charge >= 0.3 is 0 Å². The third-order valence-corrected chi connectivity index (χ3v) is 5.84. The Kier molecular flexibility index (Phi) is 4.62. The second-order valence-electron chi connectivity index (χ2n) is 5.84. The van der Waals surface area contributed by atoms with E-state index in [0.29, 0.717) is 0 Å². The smallest absolute Gasteiger partial charge is 0.259 e. The molecule has 3 aromatic heterocycles. The van der Waals surface area contributed by atoms with Gasteiger partial charge in [0.25, 0.3) is 10.0 Å². The molecule has 0 saturated carbocycles. The lowest BCUT2D eigenvalue weighted by Gasteiger charge is -2.03. The van der Waals surface area contributed by atoms with Gasteiger partial charge in [-0.3, -0.25) is 0 Å². The predicted molar refractivity (Wildman–Crippen MR) is 93.3 cm³/mol. The van der Waals surface area contributed by atoms with E-state index in [1.165, 1.54) is 11.3 Å². The second kappa shape index (κ2) is 6.54. The molecular weight excluding hydrogens is 346 g/mol. The van der Waals surface area contributed by atoms with E-state index in [0.717, 1.165) is 21.8 Å². The van der Waals surface area contributed by atoms with E-state index in [4.69, 9.17) is 4.42 Å². The SMILES string of the molecule is CC(C)c1nc(S(=O)(=O)NCc2cc(-c3ccoc3)cs2)cn1C. The van der Waals surface area contributed by atoms with Crippen molar-refractivity contribution in [3.8, 4) is 11.1 Å². The van der Waals surface area contributed by atoms with Crippen molar-refractivity contribution in [3.05, 3.63) is 46.9 Å². The quantitative estimate of drug-likeness (QED) is 0.727. The maximum Gasteiger partial charge on any atom is 0.259 e. The van der Waals surface area contributed by atoms with Crippen LogP contribution >= 0.6 is 11.3 Å². The highest BCUT2D eigenvalue weighted by Gasteiger charge is 2.20. The van der Waals surface area contributed by atoms with Crippen LogP contribution in [-0.4, -0.2) is 18.0 Å². The van der Waals surface area contributed by atoms with Gasteiger partial charge in [-0.05, 0) is 23.1 Å². The van der Waals surface area contributed by atoms with Gasteiger partial charge in [0, 0.05) is 36.1 Å². The van der Waals surface area contributed by atoms with Crippen LogP contribution in [0.2, 0.25) is 0 Å². The molecule has 3 heterocycles. The zero-order valence-electron chi connectivity index (χ0n) is 13.7. The molecule has 0 aliphatic rings. The molecule has 0 saturated heterocycles. The van der Waals surface area contributed by atoms with Crippen molar-refractivity contribution < 1.29 is 12.8 Å². The number of aryl methyl sites for hydroxylation is 1. The Bertz CT molecular complexity index is 922. The van der Waals surface area contributed by atoms with Gasteiger partial charge in [-0.2, -0.15) is 0 Å². The van der Waals surface area contributed by atoms with Crippen LogP contribution in [0.3, 0.4) is 0 Å². The summed E-state index contributed by atoms with van der Waals surface area (Å²) in [5.74, 6) is 0.905. The van der Waals surface area contributed by atoms with Gasteiger partial charge in [0.05, 0.1) is 12.5 Å². The third-order valence-electron chi connectivity index (χ3n) is 3.63. The molecule has 24 heavy (non-hydrogen) atoms. The molecule has 0 aromatic carbocycles. The van der Waals surface area contributed by atoms with Crippen LogP contribution in [0.25, 0.3) is 11.1 Å². The van der Waals surface area contributed by atoms with Crippen molar-refractivity contribution in [2.45, 2.75) is 31.3 Å². The average Bonchev–Trinajstić information content (AvgIpc) is 3.25. The molecule has 0 aliphatic carbocycles. The number of rotatable bonds is 6. The van der Waals surface area contributed by atoms with Crippen LogP contribution in [0.5, 0.6) is 0 Å². The van der Waals surface area contributed by atoms with Crippen LogP contribution < -0.4 is 4.72 Å². The van der Waals surface area contributed by atoms with E-state index >= 15 is 0 Å². The molecule has 0 fully saturated rings. The van der Waals surface area contributed by atoms with Gasteiger partial charge in [0.1, 0.15) is 5.82 Å². The Morgan fingerprint density at radius 3 is 2.79 bits per heavy atom. The average molecular weight is 365 g/mol. The zero-order valence-corrected chi connectivity index (χ0v) is 15.3. The molecule has 1 N–H and O–H groups in total.